The Labute approximate surface area is 184 Å². The molecule has 168 valence electrons. The first-order valence-electron chi connectivity index (χ1n) is 10.4. The van der Waals surface area contributed by atoms with E-state index in [9.17, 15) is 9.59 Å². The van der Waals surface area contributed by atoms with Crippen LogP contribution in [0.5, 0.6) is 17.2 Å². The van der Waals surface area contributed by atoms with Gasteiger partial charge in [-0.3, -0.25) is 9.59 Å². The van der Waals surface area contributed by atoms with Crippen LogP contribution in [0.25, 0.3) is 0 Å². The van der Waals surface area contributed by atoms with Crippen LogP contribution in [0.2, 0.25) is 0 Å². The number of carbonyl (C=O) groups excluding carboxylic acids is 2. The maximum absolute atomic E-state index is 12.8. The number of hydrogen-bond donors (Lipinski definition) is 2. The molecule has 0 saturated heterocycles. The number of hydrogen-bond acceptors (Lipinski definition) is 5. The highest BCUT2D eigenvalue weighted by Crippen LogP contribution is 2.27. The summed E-state index contributed by atoms with van der Waals surface area (Å²) in [5, 5.41) is 5.76. The molecule has 0 fully saturated rings. The van der Waals surface area contributed by atoms with Crippen LogP contribution in [0.3, 0.4) is 0 Å². The molecule has 1 atom stereocenters. The molecule has 0 aliphatic carbocycles. The van der Waals surface area contributed by atoms with E-state index in [0.717, 1.165) is 5.56 Å². The van der Waals surface area contributed by atoms with Crippen molar-refractivity contribution in [2.75, 3.05) is 27.4 Å². The van der Waals surface area contributed by atoms with E-state index in [1.807, 2.05) is 45.0 Å². The third-order valence-electron chi connectivity index (χ3n) is 4.83. The van der Waals surface area contributed by atoms with Gasteiger partial charge >= 0.3 is 0 Å². The summed E-state index contributed by atoms with van der Waals surface area (Å²) in [4.78, 5) is 25.6. The van der Waals surface area contributed by atoms with Crippen LogP contribution >= 0.6 is 0 Å². The van der Waals surface area contributed by atoms with E-state index >= 15 is 0 Å². The molecular formula is C24H32N2O5. The SMILES string of the molecule is CCOc1ccccc1C(=O)N[C@H](C(=O)NCCc1ccc(OC)c(OC)c1)C(C)C. The fourth-order valence-corrected chi connectivity index (χ4v) is 3.17. The Morgan fingerprint density at radius 2 is 1.68 bits per heavy atom. The van der Waals surface area contributed by atoms with Gasteiger partial charge < -0.3 is 24.8 Å². The molecule has 2 N–H and O–H groups in total. The average Bonchev–Trinajstić information content (AvgIpc) is 2.77. The summed E-state index contributed by atoms with van der Waals surface area (Å²) in [5.41, 5.74) is 1.42. The van der Waals surface area contributed by atoms with Crippen LogP contribution in [0.4, 0.5) is 0 Å². The van der Waals surface area contributed by atoms with Gasteiger partial charge in [-0.1, -0.05) is 32.0 Å². The first kappa shape index (κ1) is 24.1. The summed E-state index contributed by atoms with van der Waals surface area (Å²) >= 11 is 0. The van der Waals surface area contributed by atoms with Crippen LogP contribution in [0, 0.1) is 5.92 Å². The Morgan fingerprint density at radius 1 is 0.968 bits per heavy atom. The Kier molecular flexibility index (Phi) is 9.18. The molecule has 0 unspecified atom stereocenters. The Morgan fingerprint density at radius 3 is 2.32 bits per heavy atom. The van der Waals surface area contributed by atoms with Crippen molar-refractivity contribution < 1.29 is 23.8 Å². The highest BCUT2D eigenvalue weighted by atomic mass is 16.5. The molecule has 0 aliphatic rings. The zero-order valence-corrected chi connectivity index (χ0v) is 18.9. The highest BCUT2D eigenvalue weighted by Gasteiger charge is 2.25. The zero-order valence-electron chi connectivity index (χ0n) is 18.9. The van der Waals surface area contributed by atoms with Gasteiger partial charge in [0.1, 0.15) is 11.8 Å². The molecule has 0 aliphatic heterocycles. The second-order valence-corrected chi connectivity index (χ2v) is 7.35. The monoisotopic (exact) mass is 428 g/mol. The van der Waals surface area contributed by atoms with E-state index in [1.54, 1.807) is 32.4 Å². The van der Waals surface area contributed by atoms with Gasteiger partial charge in [-0.05, 0) is 49.1 Å². The quantitative estimate of drug-likeness (QED) is 0.574. The molecule has 0 spiro atoms. The number of nitrogens with one attached hydrogen (secondary N) is 2. The molecule has 31 heavy (non-hydrogen) atoms. The van der Waals surface area contributed by atoms with Crippen molar-refractivity contribution in [3.05, 3.63) is 53.6 Å². The molecule has 2 rings (SSSR count). The predicted octanol–water partition coefficient (Wildman–Crippen LogP) is 3.22. The lowest BCUT2D eigenvalue weighted by Crippen LogP contribution is -2.50. The van der Waals surface area contributed by atoms with Gasteiger partial charge in [-0.25, -0.2) is 0 Å². The fraction of sp³-hybridized carbons (Fsp3) is 0.417. The van der Waals surface area contributed by atoms with Crippen LogP contribution in [-0.4, -0.2) is 45.2 Å². The fourth-order valence-electron chi connectivity index (χ4n) is 3.17. The molecule has 0 saturated carbocycles. The van der Waals surface area contributed by atoms with Crippen molar-refractivity contribution in [3.63, 3.8) is 0 Å². The van der Waals surface area contributed by atoms with Gasteiger partial charge in [0.15, 0.2) is 11.5 Å². The number of ether oxygens (including phenoxy) is 3. The number of carbonyl (C=O) groups is 2. The van der Waals surface area contributed by atoms with Gasteiger partial charge in [0.25, 0.3) is 5.91 Å². The van der Waals surface area contributed by atoms with E-state index in [-0.39, 0.29) is 17.7 Å². The number of amides is 2. The number of benzene rings is 2. The minimum atomic E-state index is -0.660. The second kappa shape index (κ2) is 11.8. The van der Waals surface area contributed by atoms with Crippen molar-refractivity contribution >= 4 is 11.8 Å². The van der Waals surface area contributed by atoms with E-state index < -0.39 is 6.04 Å². The standard InChI is InChI=1S/C24H32N2O5/c1-6-31-19-10-8-7-9-18(19)23(27)26-22(16(2)3)24(28)25-14-13-17-11-12-20(29-4)21(15-17)30-5/h7-12,15-16,22H,6,13-14H2,1-5H3,(H,25,28)(H,26,27)/t22-/m0/s1. The Hall–Kier alpha value is -3.22. The summed E-state index contributed by atoms with van der Waals surface area (Å²) in [6.45, 7) is 6.54. The molecule has 2 aromatic rings. The van der Waals surface area contributed by atoms with Crippen molar-refractivity contribution in [3.8, 4) is 17.2 Å². The van der Waals surface area contributed by atoms with Gasteiger partial charge in [-0.15, -0.1) is 0 Å². The van der Waals surface area contributed by atoms with E-state index in [0.29, 0.717) is 42.4 Å². The summed E-state index contributed by atoms with van der Waals surface area (Å²) in [5.74, 6) is 1.16. The smallest absolute Gasteiger partial charge is 0.255 e. The van der Waals surface area contributed by atoms with Crippen LogP contribution in [0.15, 0.2) is 42.5 Å². The largest absolute Gasteiger partial charge is 0.493 e. The number of para-hydroxylation sites is 1. The van der Waals surface area contributed by atoms with E-state index in [1.165, 1.54) is 0 Å². The Bertz CT molecular complexity index is 882. The average molecular weight is 429 g/mol. The third kappa shape index (κ3) is 6.64. The van der Waals surface area contributed by atoms with Crippen molar-refractivity contribution in [1.82, 2.24) is 10.6 Å². The van der Waals surface area contributed by atoms with Gasteiger partial charge in [0.05, 0.1) is 26.4 Å². The maximum atomic E-state index is 12.8. The van der Waals surface area contributed by atoms with Crippen molar-refractivity contribution in [2.45, 2.75) is 33.2 Å². The summed E-state index contributed by atoms with van der Waals surface area (Å²) < 4.78 is 16.1. The van der Waals surface area contributed by atoms with Crippen molar-refractivity contribution in [1.29, 1.82) is 0 Å². The van der Waals surface area contributed by atoms with Crippen LogP contribution < -0.4 is 24.8 Å². The van der Waals surface area contributed by atoms with E-state index in [2.05, 4.69) is 10.6 Å². The van der Waals surface area contributed by atoms with Crippen LogP contribution in [-0.2, 0) is 11.2 Å². The van der Waals surface area contributed by atoms with Crippen LogP contribution in [0.1, 0.15) is 36.7 Å². The van der Waals surface area contributed by atoms with E-state index in [4.69, 9.17) is 14.2 Å². The lowest BCUT2D eigenvalue weighted by molar-refractivity contribution is -0.123. The molecule has 7 heteroatoms. The predicted molar refractivity (Wildman–Crippen MR) is 120 cm³/mol. The first-order chi connectivity index (χ1) is 14.9. The van der Waals surface area contributed by atoms with Gasteiger partial charge in [-0.2, -0.15) is 0 Å². The zero-order chi connectivity index (χ0) is 22.8. The summed E-state index contributed by atoms with van der Waals surface area (Å²) in [6.07, 6.45) is 0.623. The third-order valence-corrected chi connectivity index (χ3v) is 4.83. The summed E-state index contributed by atoms with van der Waals surface area (Å²) in [6, 6.07) is 12.0. The minimum absolute atomic E-state index is 0.0794. The number of rotatable bonds is 11. The highest BCUT2D eigenvalue weighted by molar-refractivity contribution is 5.99. The lowest BCUT2D eigenvalue weighted by atomic mass is 10.0. The molecule has 0 bridgehead atoms. The molecule has 0 radical (unpaired) electrons. The topological polar surface area (TPSA) is 85.9 Å². The second-order valence-electron chi connectivity index (χ2n) is 7.35. The molecule has 2 amide bonds. The molecule has 7 nitrogen and oxygen atoms in total. The number of methoxy groups -OCH3 is 2. The lowest BCUT2D eigenvalue weighted by Gasteiger charge is -2.22. The molecular weight excluding hydrogens is 396 g/mol. The Balaban J connectivity index is 1.99. The van der Waals surface area contributed by atoms with Gasteiger partial charge in [0.2, 0.25) is 5.91 Å². The molecule has 0 aromatic heterocycles. The minimum Gasteiger partial charge on any atom is -0.493 e. The summed E-state index contributed by atoms with van der Waals surface area (Å²) in [7, 11) is 3.17. The first-order valence-corrected chi connectivity index (χ1v) is 10.4. The van der Waals surface area contributed by atoms with Crippen molar-refractivity contribution in [2.24, 2.45) is 5.92 Å². The molecule has 2 aromatic carbocycles. The van der Waals surface area contributed by atoms with Gasteiger partial charge in [0, 0.05) is 6.54 Å². The maximum Gasteiger partial charge on any atom is 0.255 e. The molecule has 0 heterocycles. The normalized spacial score (nSPS) is 11.5.